The highest BCUT2D eigenvalue weighted by molar-refractivity contribution is 5.55. The van der Waals surface area contributed by atoms with Crippen LogP contribution in [0.5, 0.6) is 0 Å². The third kappa shape index (κ3) is 3.43. The summed E-state index contributed by atoms with van der Waals surface area (Å²) in [7, 11) is 0. The highest BCUT2D eigenvalue weighted by atomic mass is 16.4. The second-order valence-electron chi connectivity index (χ2n) is 0.810. The van der Waals surface area contributed by atoms with Gasteiger partial charge in [0.2, 0.25) is 0 Å². The van der Waals surface area contributed by atoms with E-state index in [1.54, 1.807) is 0 Å². The molecule has 3 heteroatoms. The molecule has 0 fully saturated rings. The maximum Gasteiger partial charge on any atom is 0.0481 e. The largest absolute Gasteiger partial charge is 0.411 e. The topological polar surface area (TPSA) is 52.8 Å². The Morgan fingerprint density at radius 2 is 2.33 bits per heavy atom. The maximum absolute atomic E-state index is 8.00. The van der Waals surface area contributed by atoms with Crippen LogP contribution in [0.25, 0.3) is 0 Å². The molecule has 36 valence electrons. The minimum atomic E-state index is 0.0457. The summed E-state index contributed by atoms with van der Waals surface area (Å²) in [6.07, 6.45) is 1.66. The number of hydrogen-bond donors (Lipinski definition) is 2. The van der Waals surface area contributed by atoms with Gasteiger partial charge in [0, 0.05) is 19.2 Å². The first-order valence-electron chi connectivity index (χ1n) is 1.68. The van der Waals surface area contributed by atoms with Gasteiger partial charge in [0.05, 0.1) is 0 Å². The Labute approximate surface area is 35.9 Å². The molecule has 2 N–H and O–H groups in total. The van der Waals surface area contributed by atoms with Gasteiger partial charge < -0.3 is 10.3 Å². The van der Waals surface area contributed by atoms with E-state index in [-0.39, 0.29) is 6.61 Å². The minimum Gasteiger partial charge on any atom is -0.411 e. The zero-order valence-electron chi connectivity index (χ0n) is 3.33. The number of oxime groups is 1. The van der Waals surface area contributed by atoms with E-state index in [1.807, 2.05) is 0 Å². The van der Waals surface area contributed by atoms with Crippen molar-refractivity contribution in [3.8, 4) is 0 Å². The van der Waals surface area contributed by atoms with Crippen molar-refractivity contribution in [2.24, 2.45) is 5.16 Å². The van der Waals surface area contributed by atoms with Gasteiger partial charge in [-0.25, -0.2) is 0 Å². The van der Waals surface area contributed by atoms with Crippen LogP contribution in [0.1, 0.15) is 6.42 Å². The lowest BCUT2D eigenvalue weighted by molar-refractivity contribution is 0.298. The molecule has 0 saturated carbocycles. The van der Waals surface area contributed by atoms with E-state index < -0.39 is 0 Å². The van der Waals surface area contributed by atoms with Crippen LogP contribution in [0, 0.1) is 0 Å². The Kier molecular flexibility index (Phi) is 4.01. The summed E-state index contributed by atoms with van der Waals surface area (Å²) in [6, 6.07) is 0. The molecule has 0 amide bonds. The van der Waals surface area contributed by atoms with Crippen molar-refractivity contribution in [1.82, 2.24) is 0 Å². The van der Waals surface area contributed by atoms with Gasteiger partial charge in [-0.05, 0) is 0 Å². The maximum atomic E-state index is 8.00. The van der Waals surface area contributed by atoms with Crippen LogP contribution >= 0.6 is 0 Å². The number of rotatable bonds is 2. The molecule has 0 aromatic carbocycles. The summed E-state index contributed by atoms with van der Waals surface area (Å²) in [5.41, 5.74) is 0. The van der Waals surface area contributed by atoms with E-state index in [1.165, 1.54) is 6.21 Å². The van der Waals surface area contributed by atoms with Crippen molar-refractivity contribution >= 4 is 6.21 Å². The van der Waals surface area contributed by atoms with E-state index in [0.29, 0.717) is 6.42 Å². The third-order valence-corrected chi connectivity index (χ3v) is 0.340. The number of hydrogen-bond acceptors (Lipinski definition) is 3. The highest BCUT2D eigenvalue weighted by Crippen LogP contribution is 1.64. The summed E-state index contributed by atoms with van der Waals surface area (Å²) < 4.78 is 0. The summed E-state index contributed by atoms with van der Waals surface area (Å²) in [6.45, 7) is 0.0457. The average molecular weight is 89.1 g/mol. The van der Waals surface area contributed by atoms with Crippen LogP contribution in [-0.4, -0.2) is 23.1 Å². The number of aliphatic hydroxyl groups is 1. The monoisotopic (exact) mass is 89.0 g/mol. The Hall–Kier alpha value is -0.570. The SMILES string of the molecule is OCC/C=N/O. The fourth-order valence-corrected chi connectivity index (χ4v) is 0.115. The van der Waals surface area contributed by atoms with Gasteiger partial charge in [-0.2, -0.15) is 0 Å². The molecule has 0 radical (unpaired) electrons. The number of aliphatic hydroxyl groups excluding tert-OH is 1. The van der Waals surface area contributed by atoms with Crippen LogP contribution in [0.2, 0.25) is 0 Å². The second kappa shape index (κ2) is 4.43. The first kappa shape index (κ1) is 5.43. The van der Waals surface area contributed by atoms with Crippen molar-refractivity contribution in [2.45, 2.75) is 6.42 Å². The smallest absolute Gasteiger partial charge is 0.0481 e. The molecule has 0 rings (SSSR count). The van der Waals surface area contributed by atoms with Crippen LogP contribution in [0.15, 0.2) is 5.16 Å². The summed E-state index contributed by atoms with van der Waals surface area (Å²) in [4.78, 5) is 0. The van der Waals surface area contributed by atoms with E-state index in [2.05, 4.69) is 5.16 Å². The quantitative estimate of drug-likeness (QED) is 0.280. The summed E-state index contributed by atoms with van der Waals surface area (Å²) >= 11 is 0. The number of nitrogens with zero attached hydrogens (tertiary/aromatic N) is 1. The standard InChI is InChI=1S/C3H7NO2/c5-3-1-2-4-6/h2,5-6H,1,3H2/b4-2+. The van der Waals surface area contributed by atoms with Crippen LogP contribution < -0.4 is 0 Å². The molecule has 0 atom stereocenters. The van der Waals surface area contributed by atoms with Crippen molar-refractivity contribution in [1.29, 1.82) is 0 Å². The Balaban J connectivity index is 2.66. The van der Waals surface area contributed by atoms with E-state index in [0.717, 1.165) is 0 Å². The average Bonchev–Trinajstić information content (AvgIpc) is 1.61. The van der Waals surface area contributed by atoms with Crippen LogP contribution in [0.3, 0.4) is 0 Å². The normalized spacial score (nSPS) is 10.2. The van der Waals surface area contributed by atoms with Gasteiger partial charge in [0.25, 0.3) is 0 Å². The van der Waals surface area contributed by atoms with E-state index >= 15 is 0 Å². The van der Waals surface area contributed by atoms with Crippen LogP contribution in [-0.2, 0) is 0 Å². The summed E-state index contributed by atoms with van der Waals surface area (Å²) in [5, 5.41) is 18.3. The highest BCUT2D eigenvalue weighted by Gasteiger charge is 1.68. The Bertz CT molecular complexity index is 44.1. The third-order valence-electron chi connectivity index (χ3n) is 0.340. The molecule has 6 heavy (non-hydrogen) atoms. The van der Waals surface area contributed by atoms with Crippen molar-refractivity contribution in [3.63, 3.8) is 0 Å². The van der Waals surface area contributed by atoms with Gasteiger partial charge >= 0.3 is 0 Å². The fourth-order valence-electron chi connectivity index (χ4n) is 0.115. The van der Waals surface area contributed by atoms with E-state index in [9.17, 15) is 0 Å². The first-order valence-corrected chi connectivity index (χ1v) is 1.68. The van der Waals surface area contributed by atoms with E-state index in [4.69, 9.17) is 10.3 Å². The van der Waals surface area contributed by atoms with Crippen LogP contribution in [0.4, 0.5) is 0 Å². The molecule has 0 unspecified atom stereocenters. The van der Waals surface area contributed by atoms with Gasteiger partial charge in [-0.1, -0.05) is 0 Å². The van der Waals surface area contributed by atoms with Gasteiger partial charge in [-0.15, -0.1) is 5.16 Å². The van der Waals surface area contributed by atoms with Crippen molar-refractivity contribution in [2.75, 3.05) is 6.61 Å². The molecule has 0 heterocycles. The molecule has 0 aliphatic rings. The Morgan fingerprint density at radius 3 is 2.50 bits per heavy atom. The molecule has 0 aliphatic heterocycles. The van der Waals surface area contributed by atoms with Crippen molar-refractivity contribution in [3.05, 3.63) is 0 Å². The lowest BCUT2D eigenvalue weighted by atomic mass is 10.5. The predicted molar refractivity (Wildman–Crippen MR) is 22.0 cm³/mol. The van der Waals surface area contributed by atoms with Gasteiger partial charge in [-0.3, -0.25) is 0 Å². The molecule has 3 nitrogen and oxygen atoms in total. The molecule has 0 bridgehead atoms. The summed E-state index contributed by atoms with van der Waals surface area (Å²) in [5.74, 6) is 0. The molecule has 0 spiro atoms. The lowest BCUT2D eigenvalue weighted by Crippen LogP contribution is -1.80. The fraction of sp³-hybridized carbons (Fsp3) is 0.667. The minimum absolute atomic E-state index is 0.0457. The first-order chi connectivity index (χ1) is 2.91. The second-order valence-corrected chi connectivity index (χ2v) is 0.810. The molecular weight excluding hydrogens is 82.0 g/mol. The van der Waals surface area contributed by atoms with Gasteiger partial charge in [0.1, 0.15) is 0 Å². The predicted octanol–water partition coefficient (Wildman–Crippen LogP) is -0.171. The zero-order valence-corrected chi connectivity index (χ0v) is 3.33. The zero-order chi connectivity index (χ0) is 4.83. The Morgan fingerprint density at radius 1 is 1.67 bits per heavy atom. The molecule has 0 aliphatic carbocycles. The molecular formula is C3H7NO2. The lowest BCUT2D eigenvalue weighted by Gasteiger charge is -1.75. The molecule has 0 aromatic heterocycles. The molecule has 0 aromatic rings. The van der Waals surface area contributed by atoms with Crippen molar-refractivity contribution < 1.29 is 10.3 Å². The van der Waals surface area contributed by atoms with Gasteiger partial charge in [0.15, 0.2) is 0 Å². The molecule has 0 saturated heterocycles.